The fourth-order valence-electron chi connectivity index (χ4n) is 2.54. The lowest BCUT2D eigenvalue weighted by molar-refractivity contribution is 0.0981. The Morgan fingerprint density at radius 3 is 2.46 bits per heavy atom. The second-order valence-electron chi connectivity index (χ2n) is 5.78. The van der Waals surface area contributed by atoms with E-state index in [0.29, 0.717) is 10.2 Å². The van der Waals surface area contributed by atoms with Crippen LogP contribution >= 0.6 is 15.9 Å². The van der Waals surface area contributed by atoms with Crippen LogP contribution in [0.2, 0.25) is 0 Å². The van der Waals surface area contributed by atoms with E-state index in [4.69, 9.17) is 0 Å². The third-order valence-electron chi connectivity index (χ3n) is 3.70. The molecule has 0 unspecified atom stereocenters. The van der Waals surface area contributed by atoms with E-state index in [1.807, 2.05) is 19.9 Å². The number of amides is 1. The van der Waals surface area contributed by atoms with Crippen LogP contribution in [0.3, 0.4) is 0 Å². The number of nitrogens with one attached hydrogen (secondary N) is 1. The van der Waals surface area contributed by atoms with Crippen molar-refractivity contribution in [3.05, 3.63) is 76.0 Å². The summed E-state index contributed by atoms with van der Waals surface area (Å²) < 4.78 is 29.2. The second-order valence-corrected chi connectivity index (χ2v) is 8.38. The number of rotatable bonds is 4. The molecular formula is C18H16BrN3O3S. The molecule has 1 N–H and O–H groups in total. The third-order valence-corrected chi connectivity index (χ3v) is 5.52. The van der Waals surface area contributed by atoms with E-state index in [9.17, 15) is 13.2 Å². The van der Waals surface area contributed by atoms with E-state index in [1.165, 1.54) is 12.1 Å². The Morgan fingerprint density at radius 1 is 1.08 bits per heavy atom. The summed E-state index contributed by atoms with van der Waals surface area (Å²) in [5.74, 6) is -0.701. The maximum atomic E-state index is 12.5. The molecule has 134 valence electrons. The van der Waals surface area contributed by atoms with Gasteiger partial charge in [0.05, 0.1) is 16.3 Å². The maximum Gasteiger partial charge on any atom is 0.265 e. The molecule has 0 radical (unpaired) electrons. The molecule has 1 amide bonds. The molecule has 0 aliphatic heterocycles. The summed E-state index contributed by atoms with van der Waals surface area (Å²) in [5, 5.41) is 4.37. The first kappa shape index (κ1) is 18.3. The van der Waals surface area contributed by atoms with Gasteiger partial charge < -0.3 is 0 Å². The van der Waals surface area contributed by atoms with Gasteiger partial charge in [-0.15, -0.1) is 0 Å². The van der Waals surface area contributed by atoms with E-state index >= 15 is 0 Å². The van der Waals surface area contributed by atoms with Crippen molar-refractivity contribution in [2.24, 2.45) is 0 Å². The summed E-state index contributed by atoms with van der Waals surface area (Å²) >= 11 is 3.22. The number of benzene rings is 2. The smallest absolute Gasteiger partial charge is 0.265 e. The standard InChI is InChI=1S/C18H16BrN3O3S/c1-12-9-13(2)22(20-12)16-7-3-5-14(10-16)18(23)21-26(24,25)17-8-4-6-15(19)11-17/h3-11H,1-2H3,(H,21,23). The summed E-state index contributed by atoms with van der Waals surface area (Å²) in [7, 11) is -3.96. The molecule has 1 heterocycles. The van der Waals surface area contributed by atoms with Crippen LogP contribution in [-0.2, 0) is 10.0 Å². The Morgan fingerprint density at radius 2 is 1.81 bits per heavy atom. The summed E-state index contributed by atoms with van der Waals surface area (Å²) in [5.41, 5.74) is 2.69. The largest absolute Gasteiger partial charge is 0.268 e. The molecule has 0 saturated heterocycles. The van der Waals surface area contributed by atoms with Crippen molar-refractivity contribution in [1.82, 2.24) is 14.5 Å². The number of carbonyl (C=O) groups excluding carboxylic acids is 1. The molecule has 2 aromatic carbocycles. The highest BCUT2D eigenvalue weighted by Gasteiger charge is 2.19. The first-order valence-electron chi connectivity index (χ1n) is 7.73. The molecular weight excluding hydrogens is 418 g/mol. The molecule has 3 aromatic rings. The molecule has 1 aromatic heterocycles. The van der Waals surface area contributed by atoms with Gasteiger partial charge in [0.2, 0.25) is 0 Å². The molecule has 0 saturated carbocycles. The van der Waals surface area contributed by atoms with Gasteiger partial charge in [-0.25, -0.2) is 17.8 Å². The van der Waals surface area contributed by atoms with Crippen LogP contribution in [0.15, 0.2) is 64.0 Å². The summed E-state index contributed by atoms with van der Waals surface area (Å²) in [6.45, 7) is 3.79. The zero-order chi connectivity index (χ0) is 18.9. The van der Waals surface area contributed by atoms with Gasteiger partial charge in [0.25, 0.3) is 15.9 Å². The fraction of sp³-hybridized carbons (Fsp3) is 0.111. The number of aromatic nitrogens is 2. The van der Waals surface area contributed by atoms with E-state index in [2.05, 4.69) is 25.8 Å². The van der Waals surface area contributed by atoms with Crippen molar-refractivity contribution < 1.29 is 13.2 Å². The van der Waals surface area contributed by atoms with Gasteiger partial charge in [-0.3, -0.25) is 4.79 Å². The molecule has 0 bridgehead atoms. The molecule has 0 aliphatic carbocycles. The van der Waals surface area contributed by atoms with Crippen molar-refractivity contribution in [2.45, 2.75) is 18.7 Å². The number of aryl methyl sites for hydroxylation is 2. The monoisotopic (exact) mass is 433 g/mol. The molecule has 8 heteroatoms. The Hall–Kier alpha value is -2.45. The molecule has 0 atom stereocenters. The van der Waals surface area contributed by atoms with Crippen molar-refractivity contribution >= 4 is 31.9 Å². The summed E-state index contributed by atoms with van der Waals surface area (Å²) in [4.78, 5) is 12.5. The van der Waals surface area contributed by atoms with Crippen LogP contribution in [0, 0.1) is 13.8 Å². The van der Waals surface area contributed by atoms with Crippen molar-refractivity contribution in [2.75, 3.05) is 0 Å². The van der Waals surface area contributed by atoms with Gasteiger partial charge in [0.15, 0.2) is 0 Å². The zero-order valence-electron chi connectivity index (χ0n) is 14.1. The van der Waals surface area contributed by atoms with Crippen molar-refractivity contribution in [3.63, 3.8) is 0 Å². The summed E-state index contributed by atoms with van der Waals surface area (Å²) in [6, 6.07) is 14.7. The van der Waals surface area contributed by atoms with Crippen molar-refractivity contribution in [1.29, 1.82) is 0 Å². The van der Waals surface area contributed by atoms with Gasteiger partial charge >= 0.3 is 0 Å². The molecule has 0 spiro atoms. The Bertz CT molecular complexity index is 1090. The van der Waals surface area contributed by atoms with E-state index in [0.717, 1.165) is 11.4 Å². The van der Waals surface area contributed by atoms with Crippen LogP contribution in [0.5, 0.6) is 0 Å². The summed E-state index contributed by atoms with van der Waals surface area (Å²) in [6.07, 6.45) is 0. The highest BCUT2D eigenvalue weighted by atomic mass is 79.9. The van der Waals surface area contributed by atoms with E-state index in [-0.39, 0.29) is 10.5 Å². The quantitative estimate of drug-likeness (QED) is 0.683. The Kier molecular flexibility index (Phi) is 4.97. The van der Waals surface area contributed by atoms with Gasteiger partial charge in [-0.2, -0.15) is 5.10 Å². The first-order chi connectivity index (χ1) is 12.3. The number of hydrogen-bond acceptors (Lipinski definition) is 4. The Balaban J connectivity index is 1.89. The number of nitrogens with zero attached hydrogens (tertiary/aromatic N) is 2. The van der Waals surface area contributed by atoms with Crippen LogP contribution in [0.4, 0.5) is 0 Å². The van der Waals surface area contributed by atoms with E-state index in [1.54, 1.807) is 41.1 Å². The van der Waals surface area contributed by atoms with Crippen LogP contribution in [0.25, 0.3) is 5.69 Å². The Labute approximate surface area is 160 Å². The first-order valence-corrected chi connectivity index (χ1v) is 10.0. The lowest BCUT2D eigenvalue weighted by Crippen LogP contribution is -2.30. The molecule has 0 fully saturated rings. The van der Waals surface area contributed by atoms with Crippen molar-refractivity contribution in [3.8, 4) is 5.69 Å². The van der Waals surface area contributed by atoms with Crippen LogP contribution < -0.4 is 4.72 Å². The minimum absolute atomic E-state index is 0.00919. The molecule has 6 nitrogen and oxygen atoms in total. The highest BCUT2D eigenvalue weighted by molar-refractivity contribution is 9.10. The number of halogens is 1. The van der Waals surface area contributed by atoms with Crippen LogP contribution in [-0.4, -0.2) is 24.1 Å². The predicted octanol–water partition coefficient (Wildman–Crippen LogP) is 3.37. The lowest BCUT2D eigenvalue weighted by atomic mass is 10.2. The molecule has 3 rings (SSSR count). The fourth-order valence-corrected chi connectivity index (χ4v) is 4.11. The van der Waals surface area contributed by atoms with Gasteiger partial charge in [0, 0.05) is 15.7 Å². The maximum absolute atomic E-state index is 12.5. The van der Waals surface area contributed by atoms with Crippen LogP contribution in [0.1, 0.15) is 21.7 Å². The van der Waals surface area contributed by atoms with Gasteiger partial charge in [0.1, 0.15) is 0 Å². The van der Waals surface area contributed by atoms with Gasteiger partial charge in [-0.1, -0.05) is 28.1 Å². The normalized spacial score (nSPS) is 11.3. The van der Waals surface area contributed by atoms with E-state index < -0.39 is 15.9 Å². The third kappa shape index (κ3) is 3.86. The minimum atomic E-state index is -3.96. The molecule has 26 heavy (non-hydrogen) atoms. The van der Waals surface area contributed by atoms with Gasteiger partial charge in [-0.05, 0) is 56.3 Å². The highest BCUT2D eigenvalue weighted by Crippen LogP contribution is 2.17. The topological polar surface area (TPSA) is 81.1 Å². The second kappa shape index (κ2) is 7.05. The average molecular weight is 434 g/mol. The number of hydrogen-bond donors (Lipinski definition) is 1. The minimum Gasteiger partial charge on any atom is -0.268 e. The molecule has 0 aliphatic rings. The number of carbonyl (C=O) groups is 1. The lowest BCUT2D eigenvalue weighted by Gasteiger charge is -2.09. The average Bonchev–Trinajstić information content (AvgIpc) is 2.93. The SMILES string of the molecule is Cc1cc(C)n(-c2cccc(C(=O)NS(=O)(=O)c3cccc(Br)c3)c2)n1. The number of sulfonamides is 1. The zero-order valence-corrected chi connectivity index (χ0v) is 16.5. The predicted molar refractivity (Wildman–Crippen MR) is 102 cm³/mol.